The first-order valence-electron chi connectivity index (χ1n) is 5.12. The third kappa shape index (κ3) is 2.47. The molecule has 0 aromatic heterocycles. The van der Waals surface area contributed by atoms with E-state index in [9.17, 15) is 0 Å². The molecule has 2 nitrogen and oxygen atoms in total. The maximum Gasteiger partial charge on any atom is 0.126 e. The van der Waals surface area contributed by atoms with Crippen LogP contribution in [0.15, 0.2) is 28.5 Å². The normalized spacial score (nSPS) is 22.8. The average Bonchev–Trinajstić information content (AvgIpc) is 2.40. The van der Waals surface area contributed by atoms with Crippen molar-refractivity contribution in [1.29, 1.82) is 0 Å². The Morgan fingerprint density at radius 1 is 1.36 bits per heavy atom. The minimum absolute atomic E-state index is 0.808. The molecular weight excluding hydrogens is 174 g/mol. The Morgan fingerprint density at radius 3 is 2.71 bits per heavy atom. The molecular formula is C12H19NO. The van der Waals surface area contributed by atoms with E-state index in [2.05, 4.69) is 11.6 Å². The van der Waals surface area contributed by atoms with Gasteiger partial charge >= 0.3 is 0 Å². The predicted octanol–water partition coefficient (Wildman–Crippen LogP) is 3.11. The van der Waals surface area contributed by atoms with Crippen LogP contribution in [-0.4, -0.2) is 19.4 Å². The number of rotatable bonds is 1. The number of nitrogens with zero attached hydrogens (tertiary/aromatic N) is 1. The van der Waals surface area contributed by atoms with Crippen molar-refractivity contribution in [2.45, 2.75) is 33.1 Å². The van der Waals surface area contributed by atoms with Gasteiger partial charge in [-0.3, -0.25) is 4.99 Å². The van der Waals surface area contributed by atoms with Crippen LogP contribution in [0.3, 0.4) is 0 Å². The molecule has 14 heavy (non-hydrogen) atoms. The largest absolute Gasteiger partial charge is 0.493 e. The first-order chi connectivity index (χ1) is 6.66. The van der Waals surface area contributed by atoms with Gasteiger partial charge in [-0.05, 0) is 38.7 Å². The average molecular weight is 193 g/mol. The molecule has 2 heteroatoms. The van der Waals surface area contributed by atoms with Crippen LogP contribution in [0.2, 0.25) is 0 Å². The van der Waals surface area contributed by atoms with E-state index in [1.54, 1.807) is 7.05 Å². The molecule has 0 aliphatic carbocycles. The summed E-state index contributed by atoms with van der Waals surface area (Å²) in [7, 11) is 1.80. The topological polar surface area (TPSA) is 21.6 Å². The molecule has 0 bridgehead atoms. The van der Waals surface area contributed by atoms with E-state index < -0.39 is 0 Å². The van der Waals surface area contributed by atoms with Gasteiger partial charge in [0.1, 0.15) is 5.76 Å². The first kappa shape index (κ1) is 11.0. The van der Waals surface area contributed by atoms with Gasteiger partial charge in [-0.25, -0.2) is 0 Å². The van der Waals surface area contributed by atoms with Crippen LogP contribution >= 0.6 is 0 Å². The predicted molar refractivity (Wildman–Crippen MR) is 60.7 cm³/mol. The molecule has 1 heterocycles. The van der Waals surface area contributed by atoms with E-state index in [1.165, 1.54) is 6.42 Å². The maximum absolute atomic E-state index is 5.70. The minimum Gasteiger partial charge on any atom is -0.493 e. The van der Waals surface area contributed by atoms with Crippen LogP contribution in [0.5, 0.6) is 0 Å². The van der Waals surface area contributed by atoms with Gasteiger partial charge in [-0.15, -0.1) is 0 Å². The highest BCUT2D eigenvalue weighted by Crippen LogP contribution is 2.24. The van der Waals surface area contributed by atoms with Gasteiger partial charge in [0.2, 0.25) is 0 Å². The van der Waals surface area contributed by atoms with Crippen LogP contribution in [0.25, 0.3) is 0 Å². The quantitative estimate of drug-likeness (QED) is 0.586. The van der Waals surface area contributed by atoms with Crippen LogP contribution in [0.1, 0.15) is 33.1 Å². The fraction of sp³-hybridized carbons (Fsp3) is 0.583. The van der Waals surface area contributed by atoms with Gasteiger partial charge in [-0.2, -0.15) is 0 Å². The molecule has 0 N–H and O–H groups in total. The summed E-state index contributed by atoms with van der Waals surface area (Å²) in [6.45, 7) is 8.92. The van der Waals surface area contributed by atoms with Crippen LogP contribution < -0.4 is 0 Å². The Bertz CT molecular complexity index is 287. The van der Waals surface area contributed by atoms with Gasteiger partial charge in [-0.1, -0.05) is 6.58 Å². The standard InChI is InChI=1S/C12H19NO/c1-9-7-5-6-8-14-12(9)10(2)11(3)13-4/h1,5-8H2,2-4H3/b12-10+,13-11?. The van der Waals surface area contributed by atoms with Gasteiger partial charge < -0.3 is 4.74 Å². The van der Waals surface area contributed by atoms with Crippen molar-refractivity contribution in [3.63, 3.8) is 0 Å². The summed E-state index contributed by atoms with van der Waals surface area (Å²) in [5, 5.41) is 0. The number of allylic oxidation sites excluding steroid dienone is 2. The van der Waals surface area contributed by atoms with Crippen molar-refractivity contribution >= 4 is 5.71 Å². The fourth-order valence-electron chi connectivity index (χ4n) is 1.54. The molecule has 1 saturated heterocycles. The summed E-state index contributed by atoms with van der Waals surface area (Å²) in [4.78, 5) is 4.17. The van der Waals surface area contributed by atoms with Crippen molar-refractivity contribution in [1.82, 2.24) is 0 Å². The third-order valence-electron chi connectivity index (χ3n) is 2.66. The van der Waals surface area contributed by atoms with E-state index in [4.69, 9.17) is 4.74 Å². The molecule has 1 aliphatic rings. The second kappa shape index (κ2) is 4.99. The Labute approximate surface area is 86.4 Å². The van der Waals surface area contributed by atoms with Gasteiger partial charge in [0.25, 0.3) is 0 Å². The molecule has 0 aromatic rings. The maximum atomic E-state index is 5.70. The number of hydrogen-bond acceptors (Lipinski definition) is 2. The highest BCUT2D eigenvalue weighted by atomic mass is 16.5. The van der Waals surface area contributed by atoms with Crippen molar-refractivity contribution in [3.05, 3.63) is 23.5 Å². The zero-order valence-corrected chi connectivity index (χ0v) is 9.39. The van der Waals surface area contributed by atoms with E-state index >= 15 is 0 Å². The monoisotopic (exact) mass is 193 g/mol. The fourth-order valence-corrected chi connectivity index (χ4v) is 1.54. The molecule has 1 rings (SSSR count). The van der Waals surface area contributed by atoms with Gasteiger partial charge in [0, 0.05) is 18.3 Å². The van der Waals surface area contributed by atoms with Crippen molar-refractivity contribution in [3.8, 4) is 0 Å². The Hall–Kier alpha value is -1.05. The minimum atomic E-state index is 0.808. The Kier molecular flexibility index (Phi) is 3.93. The molecule has 0 spiro atoms. The second-order valence-electron chi connectivity index (χ2n) is 3.67. The second-order valence-corrected chi connectivity index (χ2v) is 3.67. The molecule has 0 atom stereocenters. The number of hydrogen-bond donors (Lipinski definition) is 0. The molecule has 0 radical (unpaired) electrons. The van der Waals surface area contributed by atoms with Crippen LogP contribution in [0, 0.1) is 0 Å². The lowest BCUT2D eigenvalue weighted by atomic mass is 10.0. The lowest BCUT2D eigenvalue weighted by Crippen LogP contribution is -2.03. The van der Waals surface area contributed by atoms with Crippen molar-refractivity contribution < 1.29 is 4.74 Å². The van der Waals surface area contributed by atoms with Crippen molar-refractivity contribution in [2.75, 3.05) is 13.7 Å². The third-order valence-corrected chi connectivity index (χ3v) is 2.66. The lowest BCUT2D eigenvalue weighted by Gasteiger charge is -2.12. The summed E-state index contributed by atoms with van der Waals surface area (Å²) in [5.41, 5.74) is 3.27. The molecule has 1 fully saturated rings. The summed E-state index contributed by atoms with van der Waals surface area (Å²) >= 11 is 0. The smallest absolute Gasteiger partial charge is 0.126 e. The summed E-state index contributed by atoms with van der Waals surface area (Å²) < 4.78 is 5.70. The highest BCUT2D eigenvalue weighted by Gasteiger charge is 2.13. The summed E-state index contributed by atoms with van der Waals surface area (Å²) in [5.74, 6) is 0.964. The molecule has 1 aliphatic heterocycles. The van der Waals surface area contributed by atoms with E-state index in [0.717, 1.165) is 42.1 Å². The summed E-state index contributed by atoms with van der Waals surface area (Å²) in [6.07, 6.45) is 3.35. The van der Waals surface area contributed by atoms with Crippen molar-refractivity contribution in [2.24, 2.45) is 4.99 Å². The van der Waals surface area contributed by atoms with Crippen LogP contribution in [0.4, 0.5) is 0 Å². The molecule has 78 valence electrons. The Balaban J connectivity index is 2.96. The highest BCUT2D eigenvalue weighted by molar-refractivity contribution is 5.98. The molecule has 0 unspecified atom stereocenters. The molecule has 0 amide bonds. The van der Waals surface area contributed by atoms with E-state index in [-0.39, 0.29) is 0 Å². The lowest BCUT2D eigenvalue weighted by molar-refractivity contribution is 0.223. The summed E-state index contributed by atoms with van der Waals surface area (Å²) in [6, 6.07) is 0. The zero-order chi connectivity index (χ0) is 10.6. The molecule has 0 aromatic carbocycles. The van der Waals surface area contributed by atoms with Crippen LogP contribution in [-0.2, 0) is 4.74 Å². The van der Waals surface area contributed by atoms with Gasteiger partial charge in [0.15, 0.2) is 0 Å². The van der Waals surface area contributed by atoms with Gasteiger partial charge in [0.05, 0.1) is 6.61 Å². The van der Waals surface area contributed by atoms with E-state index in [0.29, 0.717) is 0 Å². The number of aliphatic imine (C=N–C) groups is 1. The van der Waals surface area contributed by atoms with E-state index in [1.807, 2.05) is 13.8 Å². The zero-order valence-electron chi connectivity index (χ0n) is 9.39. The first-order valence-corrected chi connectivity index (χ1v) is 5.12. The Morgan fingerprint density at radius 2 is 2.07 bits per heavy atom. The SMILES string of the molecule is C=C1CCCCO/C1=C(\C)C(C)=NC. The number of ether oxygens (including phenoxy) is 1. The molecule has 0 saturated carbocycles.